The molecule has 7 heteroatoms. The van der Waals surface area contributed by atoms with E-state index in [0.717, 1.165) is 67.0 Å². The van der Waals surface area contributed by atoms with Gasteiger partial charge in [0.25, 0.3) is 5.91 Å². The summed E-state index contributed by atoms with van der Waals surface area (Å²) in [6.07, 6.45) is 1.91. The van der Waals surface area contributed by atoms with Crippen molar-refractivity contribution in [1.29, 1.82) is 0 Å². The summed E-state index contributed by atoms with van der Waals surface area (Å²) in [5.74, 6) is 0.0934. The summed E-state index contributed by atoms with van der Waals surface area (Å²) >= 11 is 6.43. The van der Waals surface area contributed by atoms with Gasteiger partial charge in [-0.25, -0.2) is 0 Å². The molecule has 2 atom stereocenters. The van der Waals surface area contributed by atoms with Gasteiger partial charge in [-0.15, -0.1) is 0 Å². The van der Waals surface area contributed by atoms with Gasteiger partial charge >= 0.3 is 0 Å². The van der Waals surface area contributed by atoms with Gasteiger partial charge < -0.3 is 19.8 Å². The third kappa shape index (κ3) is 6.41. The first-order valence-corrected chi connectivity index (χ1v) is 14.6. The summed E-state index contributed by atoms with van der Waals surface area (Å²) in [4.78, 5) is 33.0. The number of likely N-dealkylation sites (N-methyl/N-ethyl adjacent to an activating group) is 1. The number of piperazine rings is 1. The SMILES string of the molecule is Cc1ccccc1CC(O)c1ccc(C(=O)N2CCCC(CC(=O)N3CCN(C)CC3)c3cc(Cl)ccc32)cc1. The van der Waals surface area contributed by atoms with Gasteiger partial charge in [0.1, 0.15) is 0 Å². The molecule has 2 heterocycles. The van der Waals surface area contributed by atoms with Crippen LogP contribution < -0.4 is 4.90 Å². The van der Waals surface area contributed by atoms with Crippen LogP contribution in [0, 0.1) is 6.92 Å². The third-order valence-electron chi connectivity index (χ3n) is 8.39. The number of aliphatic hydroxyl groups is 1. The second kappa shape index (κ2) is 12.5. The Bertz CT molecular complexity index is 1350. The molecule has 2 amide bonds. The molecule has 2 aliphatic heterocycles. The lowest BCUT2D eigenvalue weighted by Crippen LogP contribution is -2.47. The molecule has 1 N–H and O–H groups in total. The Hall–Kier alpha value is -3.19. The van der Waals surface area contributed by atoms with E-state index in [1.165, 1.54) is 0 Å². The zero-order chi connectivity index (χ0) is 28.2. The van der Waals surface area contributed by atoms with Crippen LogP contribution >= 0.6 is 11.6 Å². The minimum Gasteiger partial charge on any atom is -0.388 e. The van der Waals surface area contributed by atoms with Crippen molar-refractivity contribution >= 4 is 29.1 Å². The van der Waals surface area contributed by atoms with Crippen molar-refractivity contribution in [2.45, 2.75) is 44.6 Å². The van der Waals surface area contributed by atoms with Gasteiger partial charge in [-0.2, -0.15) is 0 Å². The maximum absolute atomic E-state index is 13.8. The first kappa shape index (κ1) is 28.3. The molecule has 0 radical (unpaired) electrons. The first-order valence-electron chi connectivity index (χ1n) is 14.2. The highest BCUT2D eigenvalue weighted by Crippen LogP contribution is 2.39. The number of hydrogen-bond acceptors (Lipinski definition) is 4. The van der Waals surface area contributed by atoms with E-state index in [2.05, 4.69) is 11.9 Å². The Morgan fingerprint density at radius 2 is 1.70 bits per heavy atom. The molecule has 0 bridgehead atoms. The lowest BCUT2D eigenvalue weighted by molar-refractivity contribution is -0.133. The molecule has 3 aromatic rings. The van der Waals surface area contributed by atoms with Crippen molar-refractivity contribution in [2.75, 3.05) is 44.7 Å². The van der Waals surface area contributed by atoms with Crippen LogP contribution in [0.3, 0.4) is 0 Å². The average Bonchev–Trinajstić information content (AvgIpc) is 3.13. The maximum Gasteiger partial charge on any atom is 0.258 e. The number of aliphatic hydroxyl groups excluding tert-OH is 1. The highest BCUT2D eigenvalue weighted by atomic mass is 35.5. The number of fused-ring (bicyclic) bond motifs is 1. The molecule has 0 aromatic heterocycles. The summed E-state index contributed by atoms with van der Waals surface area (Å²) in [6, 6.07) is 21.0. The van der Waals surface area contributed by atoms with Gasteiger partial charge in [0.15, 0.2) is 0 Å². The number of carbonyl (C=O) groups excluding carboxylic acids is 2. The largest absolute Gasteiger partial charge is 0.388 e. The summed E-state index contributed by atoms with van der Waals surface area (Å²) in [5.41, 5.74) is 5.40. The molecule has 1 saturated heterocycles. The van der Waals surface area contributed by atoms with Gasteiger partial charge in [0.2, 0.25) is 5.91 Å². The Morgan fingerprint density at radius 1 is 0.975 bits per heavy atom. The van der Waals surface area contributed by atoms with Gasteiger partial charge in [-0.05, 0) is 85.3 Å². The second-order valence-corrected chi connectivity index (χ2v) is 11.6. The second-order valence-electron chi connectivity index (χ2n) is 11.2. The van der Waals surface area contributed by atoms with Crippen molar-refractivity contribution in [3.05, 3.63) is 99.6 Å². The fourth-order valence-electron chi connectivity index (χ4n) is 5.86. The molecule has 0 spiro atoms. The summed E-state index contributed by atoms with van der Waals surface area (Å²) in [5, 5.41) is 11.4. The van der Waals surface area contributed by atoms with E-state index in [1.807, 2.05) is 71.3 Å². The normalized spacial score (nSPS) is 18.6. The van der Waals surface area contributed by atoms with Gasteiger partial charge in [0.05, 0.1) is 6.10 Å². The van der Waals surface area contributed by atoms with E-state index in [0.29, 0.717) is 30.0 Å². The van der Waals surface area contributed by atoms with E-state index in [-0.39, 0.29) is 17.7 Å². The standard InChI is InChI=1S/C33H38ClN3O3/c1-23-6-3-4-7-26(23)20-31(38)24-9-11-25(12-10-24)33(40)37-15-5-8-27(29-22-28(34)13-14-30(29)37)21-32(39)36-18-16-35(2)17-19-36/h3-4,6-7,9-14,22,27,31,38H,5,8,15-21H2,1-2H3. The molecule has 0 saturated carbocycles. The molecule has 6 nitrogen and oxygen atoms in total. The number of halogens is 1. The zero-order valence-electron chi connectivity index (χ0n) is 23.4. The zero-order valence-corrected chi connectivity index (χ0v) is 24.1. The molecule has 40 heavy (non-hydrogen) atoms. The number of nitrogens with zero attached hydrogens (tertiary/aromatic N) is 3. The van der Waals surface area contributed by atoms with Crippen molar-refractivity contribution < 1.29 is 14.7 Å². The average molecular weight is 560 g/mol. The van der Waals surface area contributed by atoms with E-state index >= 15 is 0 Å². The van der Waals surface area contributed by atoms with Crippen LogP contribution in [0.2, 0.25) is 5.02 Å². The monoisotopic (exact) mass is 559 g/mol. The highest BCUT2D eigenvalue weighted by molar-refractivity contribution is 6.30. The van der Waals surface area contributed by atoms with Crippen molar-refractivity contribution in [1.82, 2.24) is 9.80 Å². The lowest BCUT2D eigenvalue weighted by atomic mass is 9.90. The quantitative estimate of drug-likeness (QED) is 0.426. The van der Waals surface area contributed by atoms with Crippen LogP contribution in [0.25, 0.3) is 0 Å². The van der Waals surface area contributed by atoms with Crippen LogP contribution in [0.5, 0.6) is 0 Å². The van der Waals surface area contributed by atoms with Crippen LogP contribution in [0.15, 0.2) is 66.7 Å². The molecular formula is C33H38ClN3O3. The van der Waals surface area contributed by atoms with Crippen LogP contribution in [0.1, 0.15) is 63.9 Å². The van der Waals surface area contributed by atoms with E-state index in [9.17, 15) is 14.7 Å². The molecule has 2 aliphatic rings. The van der Waals surface area contributed by atoms with Crippen molar-refractivity contribution in [3.63, 3.8) is 0 Å². The minimum absolute atomic E-state index is 0.0117. The predicted octanol–water partition coefficient (Wildman–Crippen LogP) is 5.61. The van der Waals surface area contributed by atoms with Gasteiger partial charge in [0, 0.05) is 61.8 Å². The number of anilines is 1. The topological polar surface area (TPSA) is 64.1 Å². The fourth-order valence-corrected chi connectivity index (χ4v) is 6.04. The maximum atomic E-state index is 13.8. The third-order valence-corrected chi connectivity index (χ3v) is 8.63. The predicted molar refractivity (Wildman–Crippen MR) is 160 cm³/mol. The fraction of sp³-hybridized carbons (Fsp3) is 0.394. The molecule has 0 aliphatic carbocycles. The summed E-state index contributed by atoms with van der Waals surface area (Å²) in [7, 11) is 2.08. The molecule has 5 rings (SSSR count). The Morgan fingerprint density at radius 3 is 2.42 bits per heavy atom. The number of rotatable bonds is 6. The summed E-state index contributed by atoms with van der Waals surface area (Å²) < 4.78 is 0. The molecule has 210 valence electrons. The molecule has 3 aromatic carbocycles. The van der Waals surface area contributed by atoms with Crippen LogP contribution in [0.4, 0.5) is 5.69 Å². The van der Waals surface area contributed by atoms with Gasteiger partial charge in [-0.1, -0.05) is 48.0 Å². The van der Waals surface area contributed by atoms with E-state index in [4.69, 9.17) is 11.6 Å². The number of carbonyl (C=O) groups is 2. The number of amides is 2. The Balaban J connectivity index is 1.32. The molecule has 2 unspecified atom stereocenters. The summed E-state index contributed by atoms with van der Waals surface area (Å²) in [6.45, 7) is 5.91. The minimum atomic E-state index is -0.648. The highest BCUT2D eigenvalue weighted by Gasteiger charge is 2.30. The molecule has 1 fully saturated rings. The van der Waals surface area contributed by atoms with Crippen molar-refractivity contribution in [3.8, 4) is 0 Å². The lowest BCUT2D eigenvalue weighted by Gasteiger charge is -2.33. The van der Waals surface area contributed by atoms with Crippen LogP contribution in [-0.2, 0) is 11.2 Å². The Kier molecular flexibility index (Phi) is 8.89. The first-order chi connectivity index (χ1) is 19.3. The number of aryl methyl sites for hydroxylation is 1. The van der Waals surface area contributed by atoms with E-state index < -0.39 is 6.10 Å². The Labute approximate surface area is 242 Å². The number of benzene rings is 3. The van der Waals surface area contributed by atoms with E-state index in [1.54, 1.807) is 12.1 Å². The molecular weight excluding hydrogens is 522 g/mol. The number of hydrogen-bond donors (Lipinski definition) is 1. The van der Waals surface area contributed by atoms with Crippen molar-refractivity contribution in [2.24, 2.45) is 0 Å². The smallest absolute Gasteiger partial charge is 0.258 e. The van der Waals surface area contributed by atoms with Crippen LogP contribution in [-0.4, -0.2) is 66.5 Å². The van der Waals surface area contributed by atoms with Gasteiger partial charge in [-0.3, -0.25) is 9.59 Å².